The van der Waals surface area contributed by atoms with Crippen molar-refractivity contribution in [3.8, 4) is 17.1 Å². The highest BCUT2D eigenvalue weighted by molar-refractivity contribution is 7.99. The third kappa shape index (κ3) is 5.01. The lowest BCUT2D eigenvalue weighted by Crippen LogP contribution is -2.44. The number of hydrogen-bond acceptors (Lipinski definition) is 5. The van der Waals surface area contributed by atoms with Gasteiger partial charge in [0.25, 0.3) is 0 Å². The van der Waals surface area contributed by atoms with Crippen LogP contribution in [0.5, 0.6) is 5.75 Å². The number of amides is 1. The lowest BCUT2D eigenvalue weighted by atomic mass is 9.78. The van der Waals surface area contributed by atoms with Gasteiger partial charge in [0.15, 0.2) is 11.0 Å². The Kier molecular flexibility index (Phi) is 7.36. The fraction of sp³-hybridized carbons (Fsp3) is 0.500. The number of carbonyl (C=O) groups is 1. The van der Waals surface area contributed by atoms with E-state index in [0.717, 1.165) is 17.7 Å². The van der Waals surface area contributed by atoms with Crippen molar-refractivity contribution in [3.63, 3.8) is 0 Å². The summed E-state index contributed by atoms with van der Waals surface area (Å²) in [6, 6.07) is 7.98. The van der Waals surface area contributed by atoms with Crippen LogP contribution in [0, 0.1) is 11.8 Å². The highest BCUT2D eigenvalue weighted by atomic mass is 32.2. The average molecular weight is 415 g/mol. The predicted molar refractivity (Wildman–Crippen MR) is 117 cm³/mol. The first-order valence-corrected chi connectivity index (χ1v) is 11.1. The molecule has 1 aliphatic carbocycles. The van der Waals surface area contributed by atoms with Crippen LogP contribution in [0.3, 0.4) is 0 Å². The molecule has 3 unspecified atom stereocenters. The molecule has 29 heavy (non-hydrogen) atoms. The van der Waals surface area contributed by atoms with Gasteiger partial charge in [0.05, 0.1) is 18.4 Å². The molecule has 1 amide bonds. The van der Waals surface area contributed by atoms with Crippen LogP contribution in [0.2, 0.25) is 0 Å². The molecule has 2 aromatic rings. The van der Waals surface area contributed by atoms with Gasteiger partial charge in [-0.15, -0.1) is 16.8 Å². The van der Waals surface area contributed by atoms with E-state index < -0.39 is 0 Å². The number of aromatic nitrogens is 3. The molecule has 0 saturated heterocycles. The van der Waals surface area contributed by atoms with Crippen LogP contribution in [0.1, 0.15) is 33.1 Å². The number of carbonyl (C=O) groups excluding carboxylic acids is 1. The molecule has 1 heterocycles. The number of para-hydroxylation sites is 1. The Labute approximate surface area is 177 Å². The van der Waals surface area contributed by atoms with Crippen molar-refractivity contribution >= 4 is 17.7 Å². The zero-order valence-corrected chi connectivity index (χ0v) is 18.2. The van der Waals surface area contributed by atoms with Crippen LogP contribution < -0.4 is 10.1 Å². The summed E-state index contributed by atoms with van der Waals surface area (Å²) in [6.45, 7) is 8.91. The molecular formula is C22H30N4O2S. The monoisotopic (exact) mass is 414 g/mol. The van der Waals surface area contributed by atoms with Crippen LogP contribution in [0.4, 0.5) is 0 Å². The van der Waals surface area contributed by atoms with Gasteiger partial charge < -0.3 is 10.1 Å². The van der Waals surface area contributed by atoms with Gasteiger partial charge in [0, 0.05) is 12.6 Å². The van der Waals surface area contributed by atoms with Crippen LogP contribution in [-0.4, -0.2) is 39.6 Å². The molecule has 1 fully saturated rings. The number of thioether (sulfide) groups is 1. The fourth-order valence-electron chi connectivity index (χ4n) is 3.88. The number of rotatable bonds is 8. The first-order valence-electron chi connectivity index (χ1n) is 10.1. The minimum atomic E-state index is 0.0490. The molecule has 0 aliphatic heterocycles. The molecule has 7 heteroatoms. The van der Waals surface area contributed by atoms with Crippen molar-refractivity contribution in [2.45, 2.75) is 50.9 Å². The van der Waals surface area contributed by atoms with Gasteiger partial charge in [-0.1, -0.05) is 56.7 Å². The minimum absolute atomic E-state index is 0.0490. The number of nitrogens with zero attached hydrogens (tertiary/aromatic N) is 3. The van der Waals surface area contributed by atoms with Crippen LogP contribution in [-0.2, 0) is 11.3 Å². The maximum Gasteiger partial charge on any atom is 0.230 e. The molecular weight excluding hydrogens is 384 g/mol. The normalized spacial score (nSPS) is 21.6. The zero-order chi connectivity index (χ0) is 20.8. The maximum absolute atomic E-state index is 12.6. The SMILES string of the molecule is C=CCn1c(SCC(=O)NC2CCCC(C)C2C)nnc1-c1ccccc1OC. The summed E-state index contributed by atoms with van der Waals surface area (Å²) in [5.74, 6) is 2.98. The maximum atomic E-state index is 12.6. The molecule has 3 rings (SSSR count). The van der Waals surface area contributed by atoms with Crippen molar-refractivity contribution in [2.24, 2.45) is 11.8 Å². The van der Waals surface area contributed by atoms with Crippen molar-refractivity contribution in [2.75, 3.05) is 12.9 Å². The Balaban J connectivity index is 1.70. The highest BCUT2D eigenvalue weighted by Crippen LogP contribution is 2.32. The summed E-state index contributed by atoms with van der Waals surface area (Å²) in [7, 11) is 1.64. The standard InChI is InChI=1S/C22H30N4O2S/c1-5-13-26-21(17-10-6-7-12-19(17)28-4)24-25-22(26)29-14-20(27)23-18-11-8-9-15(2)16(18)3/h5-7,10,12,15-16,18H,1,8-9,11,13-14H2,2-4H3,(H,23,27). The molecule has 156 valence electrons. The topological polar surface area (TPSA) is 69.0 Å². The molecule has 1 saturated carbocycles. The molecule has 0 bridgehead atoms. The molecule has 1 aromatic heterocycles. The van der Waals surface area contributed by atoms with Crippen molar-refractivity contribution in [3.05, 3.63) is 36.9 Å². The summed E-state index contributed by atoms with van der Waals surface area (Å²) in [5.41, 5.74) is 0.866. The molecule has 1 aliphatic rings. The van der Waals surface area contributed by atoms with E-state index in [2.05, 4.69) is 35.9 Å². The van der Waals surface area contributed by atoms with Gasteiger partial charge in [-0.2, -0.15) is 0 Å². The Morgan fingerprint density at radius 1 is 1.34 bits per heavy atom. The largest absolute Gasteiger partial charge is 0.496 e. The Morgan fingerprint density at radius 2 is 2.14 bits per heavy atom. The number of methoxy groups -OCH3 is 1. The van der Waals surface area contributed by atoms with Gasteiger partial charge in [0.2, 0.25) is 5.91 Å². The lowest BCUT2D eigenvalue weighted by molar-refractivity contribution is -0.120. The molecule has 0 radical (unpaired) electrons. The van der Waals surface area contributed by atoms with Gasteiger partial charge in [-0.25, -0.2) is 0 Å². The lowest BCUT2D eigenvalue weighted by Gasteiger charge is -2.34. The summed E-state index contributed by atoms with van der Waals surface area (Å²) in [4.78, 5) is 12.6. The fourth-order valence-corrected chi connectivity index (χ4v) is 4.64. The number of benzene rings is 1. The number of hydrogen-bond donors (Lipinski definition) is 1. The highest BCUT2D eigenvalue weighted by Gasteiger charge is 2.28. The Morgan fingerprint density at radius 3 is 2.90 bits per heavy atom. The Hall–Kier alpha value is -2.28. The van der Waals surface area contributed by atoms with Crippen molar-refractivity contribution in [1.29, 1.82) is 0 Å². The van der Waals surface area contributed by atoms with E-state index in [1.165, 1.54) is 24.6 Å². The second-order valence-corrected chi connectivity index (χ2v) is 8.58. The van der Waals surface area contributed by atoms with Crippen molar-refractivity contribution in [1.82, 2.24) is 20.1 Å². The Bertz CT molecular complexity index is 851. The van der Waals surface area contributed by atoms with E-state index >= 15 is 0 Å². The number of allylic oxidation sites excluding steroid dienone is 1. The van der Waals surface area contributed by atoms with Gasteiger partial charge in [-0.05, 0) is 30.4 Å². The van der Waals surface area contributed by atoms with Gasteiger partial charge >= 0.3 is 0 Å². The number of nitrogens with one attached hydrogen (secondary N) is 1. The summed E-state index contributed by atoms with van der Waals surface area (Å²) in [5, 5.41) is 12.6. The molecule has 0 spiro atoms. The van der Waals surface area contributed by atoms with Gasteiger partial charge in [0.1, 0.15) is 5.75 Å². The summed E-state index contributed by atoms with van der Waals surface area (Å²) >= 11 is 1.40. The molecule has 3 atom stereocenters. The number of ether oxygens (including phenoxy) is 1. The van der Waals surface area contributed by atoms with E-state index in [1.54, 1.807) is 13.2 Å². The first-order chi connectivity index (χ1) is 14.0. The molecule has 1 aromatic carbocycles. The third-order valence-corrected chi connectivity index (χ3v) is 6.73. The van der Waals surface area contributed by atoms with E-state index in [-0.39, 0.29) is 11.9 Å². The zero-order valence-electron chi connectivity index (χ0n) is 17.4. The first kappa shape index (κ1) is 21.4. The second kappa shape index (κ2) is 9.96. The molecule has 6 nitrogen and oxygen atoms in total. The van der Waals surface area contributed by atoms with E-state index in [0.29, 0.717) is 35.1 Å². The van der Waals surface area contributed by atoms with Crippen LogP contribution in [0.25, 0.3) is 11.4 Å². The third-order valence-electron chi connectivity index (χ3n) is 5.76. The van der Waals surface area contributed by atoms with E-state index in [9.17, 15) is 4.79 Å². The minimum Gasteiger partial charge on any atom is -0.496 e. The van der Waals surface area contributed by atoms with Crippen molar-refractivity contribution < 1.29 is 9.53 Å². The quantitative estimate of drug-likeness (QED) is 0.519. The van der Waals surface area contributed by atoms with Crippen LogP contribution in [0.15, 0.2) is 42.1 Å². The molecule has 1 N–H and O–H groups in total. The smallest absolute Gasteiger partial charge is 0.230 e. The second-order valence-electron chi connectivity index (χ2n) is 7.64. The van der Waals surface area contributed by atoms with Gasteiger partial charge in [-0.3, -0.25) is 9.36 Å². The summed E-state index contributed by atoms with van der Waals surface area (Å²) < 4.78 is 7.43. The van der Waals surface area contributed by atoms with Crippen LogP contribution >= 0.6 is 11.8 Å². The predicted octanol–water partition coefficient (Wildman–Crippen LogP) is 4.17. The van der Waals surface area contributed by atoms with E-state index in [1.807, 2.05) is 28.8 Å². The average Bonchev–Trinajstić information content (AvgIpc) is 3.12. The van der Waals surface area contributed by atoms with E-state index in [4.69, 9.17) is 4.74 Å². The summed E-state index contributed by atoms with van der Waals surface area (Å²) in [6.07, 6.45) is 5.29.